The van der Waals surface area contributed by atoms with Crippen LogP contribution < -0.4 is 5.32 Å². The molecule has 0 aromatic heterocycles. The predicted octanol–water partition coefficient (Wildman–Crippen LogP) is 1.78. The van der Waals surface area contributed by atoms with Crippen molar-refractivity contribution in [3.63, 3.8) is 0 Å². The molecular weight excluding hydrogens is 246 g/mol. The standard InChI is InChI=1S/C11H20F2N2O3/c1-4-11(5-2,9(16)17)7-14-10(18)15(3)6-8(12)13/h8H,4-7H2,1-3H3,(H,14,18)(H,16,17). The number of aliphatic carboxylic acids is 1. The maximum absolute atomic E-state index is 12.1. The second kappa shape index (κ2) is 7.13. The summed E-state index contributed by atoms with van der Waals surface area (Å²) in [6.07, 6.45) is -1.89. The third-order valence-electron chi connectivity index (χ3n) is 3.14. The lowest BCUT2D eigenvalue weighted by Gasteiger charge is -2.28. The molecule has 0 saturated heterocycles. The normalized spacial score (nSPS) is 11.4. The molecule has 0 aromatic carbocycles. The van der Waals surface area contributed by atoms with Gasteiger partial charge in [-0.3, -0.25) is 4.79 Å². The van der Waals surface area contributed by atoms with E-state index in [0.29, 0.717) is 12.8 Å². The predicted molar refractivity (Wildman–Crippen MR) is 62.7 cm³/mol. The summed E-state index contributed by atoms with van der Waals surface area (Å²) in [6.45, 7) is 2.69. The van der Waals surface area contributed by atoms with E-state index in [1.54, 1.807) is 13.8 Å². The highest BCUT2D eigenvalue weighted by molar-refractivity contribution is 5.78. The summed E-state index contributed by atoms with van der Waals surface area (Å²) in [7, 11) is 1.24. The Hall–Kier alpha value is -1.40. The number of rotatable bonds is 7. The topological polar surface area (TPSA) is 69.6 Å². The van der Waals surface area contributed by atoms with E-state index >= 15 is 0 Å². The van der Waals surface area contributed by atoms with Crippen molar-refractivity contribution in [2.45, 2.75) is 33.1 Å². The van der Waals surface area contributed by atoms with E-state index in [-0.39, 0.29) is 6.54 Å². The number of carboxylic acids is 1. The maximum atomic E-state index is 12.1. The van der Waals surface area contributed by atoms with Gasteiger partial charge in [0.1, 0.15) is 0 Å². The summed E-state index contributed by atoms with van der Waals surface area (Å²) in [5.74, 6) is -0.996. The number of alkyl halides is 2. The minimum absolute atomic E-state index is 0.0677. The molecule has 0 fully saturated rings. The molecule has 0 aromatic rings. The number of halogens is 2. The van der Waals surface area contributed by atoms with Crippen LogP contribution in [0, 0.1) is 5.41 Å². The molecule has 0 radical (unpaired) electrons. The molecule has 5 nitrogen and oxygen atoms in total. The van der Waals surface area contributed by atoms with Crippen molar-refractivity contribution in [1.82, 2.24) is 10.2 Å². The average Bonchev–Trinajstić information content (AvgIpc) is 2.29. The van der Waals surface area contributed by atoms with Gasteiger partial charge in [0, 0.05) is 13.6 Å². The number of hydrogen-bond acceptors (Lipinski definition) is 2. The van der Waals surface area contributed by atoms with Crippen LogP contribution in [-0.2, 0) is 4.79 Å². The Bertz CT molecular complexity index is 294. The summed E-state index contributed by atoms with van der Waals surface area (Å²) >= 11 is 0. The van der Waals surface area contributed by atoms with Gasteiger partial charge in [-0.15, -0.1) is 0 Å². The van der Waals surface area contributed by atoms with Crippen LogP contribution in [0.4, 0.5) is 13.6 Å². The van der Waals surface area contributed by atoms with E-state index in [1.165, 1.54) is 7.05 Å². The molecule has 0 aliphatic carbocycles. The molecule has 106 valence electrons. The first-order chi connectivity index (χ1) is 8.29. The highest BCUT2D eigenvalue weighted by atomic mass is 19.3. The summed E-state index contributed by atoms with van der Waals surface area (Å²) in [5, 5.41) is 11.5. The van der Waals surface area contributed by atoms with E-state index < -0.39 is 30.4 Å². The minimum atomic E-state index is -2.61. The van der Waals surface area contributed by atoms with Crippen LogP contribution in [0.3, 0.4) is 0 Å². The van der Waals surface area contributed by atoms with E-state index in [4.69, 9.17) is 5.11 Å². The Kier molecular flexibility index (Phi) is 6.57. The number of amides is 2. The summed E-state index contributed by atoms with van der Waals surface area (Å²) < 4.78 is 24.1. The average molecular weight is 266 g/mol. The van der Waals surface area contributed by atoms with Gasteiger partial charge in [-0.05, 0) is 12.8 Å². The molecule has 0 aliphatic heterocycles. The van der Waals surface area contributed by atoms with Crippen molar-refractivity contribution < 1.29 is 23.5 Å². The van der Waals surface area contributed by atoms with Crippen LogP contribution in [-0.4, -0.2) is 48.6 Å². The Morgan fingerprint density at radius 1 is 1.33 bits per heavy atom. The van der Waals surface area contributed by atoms with E-state index in [0.717, 1.165) is 4.90 Å². The fraction of sp³-hybridized carbons (Fsp3) is 0.818. The van der Waals surface area contributed by atoms with Gasteiger partial charge >= 0.3 is 12.0 Å². The van der Waals surface area contributed by atoms with Crippen LogP contribution in [0.2, 0.25) is 0 Å². The molecule has 0 unspecified atom stereocenters. The molecule has 2 N–H and O–H groups in total. The first-order valence-electron chi connectivity index (χ1n) is 5.79. The van der Waals surface area contributed by atoms with Gasteiger partial charge in [-0.2, -0.15) is 0 Å². The first kappa shape index (κ1) is 16.6. The van der Waals surface area contributed by atoms with Crippen molar-refractivity contribution in [1.29, 1.82) is 0 Å². The number of hydrogen-bond donors (Lipinski definition) is 2. The number of nitrogens with one attached hydrogen (secondary N) is 1. The fourth-order valence-corrected chi connectivity index (χ4v) is 1.55. The maximum Gasteiger partial charge on any atom is 0.317 e. The number of carbonyl (C=O) groups excluding carboxylic acids is 1. The molecule has 0 spiro atoms. The lowest BCUT2D eigenvalue weighted by molar-refractivity contribution is -0.149. The molecular formula is C11H20F2N2O3. The van der Waals surface area contributed by atoms with Crippen molar-refractivity contribution in [3.8, 4) is 0 Å². The van der Waals surface area contributed by atoms with Crippen molar-refractivity contribution in [2.24, 2.45) is 5.41 Å². The zero-order valence-electron chi connectivity index (χ0n) is 10.9. The quantitative estimate of drug-likeness (QED) is 0.738. The SMILES string of the molecule is CCC(CC)(CNC(=O)N(C)CC(F)F)C(=O)O. The molecule has 0 rings (SSSR count). The smallest absolute Gasteiger partial charge is 0.317 e. The molecule has 0 atom stereocenters. The first-order valence-corrected chi connectivity index (χ1v) is 5.79. The van der Waals surface area contributed by atoms with E-state index in [2.05, 4.69) is 5.32 Å². The molecule has 0 saturated carbocycles. The van der Waals surface area contributed by atoms with Gasteiger partial charge in [-0.1, -0.05) is 13.8 Å². The van der Waals surface area contributed by atoms with Crippen LogP contribution in [0.25, 0.3) is 0 Å². The van der Waals surface area contributed by atoms with E-state index in [9.17, 15) is 18.4 Å². The van der Waals surface area contributed by atoms with Gasteiger partial charge in [0.2, 0.25) is 0 Å². The number of nitrogens with zero attached hydrogens (tertiary/aromatic N) is 1. The molecule has 0 aliphatic rings. The largest absolute Gasteiger partial charge is 0.481 e. The second-order valence-corrected chi connectivity index (χ2v) is 4.22. The number of carbonyl (C=O) groups is 2. The monoisotopic (exact) mass is 266 g/mol. The van der Waals surface area contributed by atoms with Crippen LogP contribution >= 0.6 is 0 Å². The summed E-state index contributed by atoms with van der Waals surface area (Å²) in [5.41, 5.74) is -1.04. The third-order valence-corrected chi connectivity index (χ3v) is 3.14. The van der Waals surface area contributed by atoms with Crippen molar-refractivity contribution in [2.75, 3.05) is 20.1 Å². The molecule has 2 amide bonds. The van der Waals surface area contributed by atoms with Gasteiger partial charge in [0.05, 0.1) is 12.0 Å². The summed E-state index contributed by atoms with van der Waals surface area (Å²) in [4.78, 5) is 23.5. The molecule has 18 heavy (non-hydrogen) atoms. The highest BCUT2D eigenvalue weighted by Gasteiger charge is 2.35. The van der Waals surface area contributed by atoms with Gasteiger partial charge < -0.3 is 15.3 Å². The van der Waals surface area contributed by atoms with Gasteiger partial charge in [0.15, 0.2) is 0 Å². The van der Waals surface area contributed by atoms with Gasteiger partial charge in [0.25, 0.3) is 6.43 Å². The van der Waals surface area contributed by atoms with Crippen LogP contribution in [0.1, 0.15) is 26.7 Å². The summed E-state index contributed by atoms with van der Waals surface area (Å²) in [6, 6.07) is -0.692. The third kappa shape index (κ3) is 4.46. The lowest BCUT2D eigenvalue weighted by atomic mass is 9.82. The molecule has 0 heterocycles. The zero-order valence-corrected chi connectivity index (χ0v) is 10.9. The number of urea groups is 1. The van der Waals surface area contributed by atoms with Crippen molar-refractivity contribution in [3.05, 3.63) is 0 Å². The number of carboxylic acid groups (broad SMARTS) is 1. The highest BCUT2D eigenvalue weighted by Crippen LogP contribution is 2.25. The Balaban J connectivity index is 4.45. The second-order valence-electron chi connectivity index (χ2n) is 4.22. The molecule has 7 heteroatoms. The molecule has 0 bridgehead atoms. The van der Waals surface area contributed by atoms with E-state index in [1.807, 2.05) is 0 Å². The van der Waals surface area contributed by atoms with Crippen LogP contribution in [0.5, 0.6) is 0 Å². The van der Waals surface area contributed by atoms with Gasteiger partial charge in [-0.25, -0.2) is 13.6 Å². The fourth-order valence-electron chi connectivity index (χ4n) is 1.55. The Morgan fingerprint density at radius 3 is 2.17 bits per heavy atom. The minimum Gasteiger partial charge on any atom is -0.481 e. The van der Waals surface area contributed by atoms with Crippen LogP contribution in [0.15, 0.2) is 0 Å². The Morgan fingerprint density at radius 2 is 1.83 bits per heavy atom. The van der Waals surface area contributed by atoms with Crippen molar-refractivity contribution >= 4 is 12.0 Å². The Labute approximate surface area is 105 Å². The lowest BCUT2D eigenvalue weighted by Crippen LogP contribution is -2.47. The zero-order chi connectivity index (χ0) is 14.3.